The van der Waals surface area contributed by atoms with Crippen molar-refractivity contribution in [1.82, 2.24) is 9.62 Å². The molecule has 1 fully saturated rings. The minimum atomic E-state index is -3.68. The highest BCUT2D eigenvalue weighted by atomic mass is 32.2. The number of carboxylic acids is 1. The summed E-state index contributed by atoms with van der Waals surface area (Å²) in [6.07, 6.45) is -0.207. The summed E-state index contributed by atoms with van der Waals surface area (Å²) in [4.78, 5) is 25.1. The van der Waals surface area contributed by atoms with E-state index in [4.69, 9.17) is 14.6 Å². The van der Waals surface area contributed by atoms with E-state index >= 15 is 0 Å². The van der Waals surface area contributed by atoms with Gasteiger partial charge in [0.1, 0.15) is 0 Å². The average Bonchev–Trinajstić information content (AvgIpc) is 2.61. The second-order valence-corrected chi connectivity index (χ2v) is 7.51. The second kappa shape index (κ2) is 9.08. The molecule has 1 aliphatic heterocycles. The van der Waals surface area contributed by atoms with Gasteiger partial charge in [0.2, 0.25) is 10.0 Å². The molecule has 1 atom stereocenters. The van der Waals surface area contributed by atoms with E-state index in [0.717, 1.165) is 0 Å². The number of amides is 1. The molecule has 1 aliphatic rings. The number of carboxylic acid groups (broad SMARTS) is 1. The second-order valence-electron chi connectivity index (χ2n) is 5.74. The minimum Gasteiger partial charge on any atom is -0.481 e. The number of carbonyl (C=O) groups excluding carboxylic acids is 1. The van der Waals surface area contributed by atoms with Crippen LogP contribution in [-0.2, 0) is 24.3 Å². The Bertz CT molecular complexity index is 733. The van der Waals surface area contributed by atoms with Crippen LogP contribution in [0.25, 0.3) is 0 Å². The Labute approximate surface area is 151 Å². The molecule has 0 aliphatic carbocycles. The van der Waals surface area contributed by atoms with Crippen molar-refractivity contribution >= 4 is 21.9 Å². The molecule has 2 rings (SSSR count). The normalized spacial score (nSPS) is 17.9. The van der Waals surface area contributed by atoms with Crippen LogP contribution >= 0.6 is 0 Å². The fourth-order valence-electron chi connectivity index (χ4n) is 2.60. The van der Waals surface area contributed by atoms with E-state index in [9.17, 15) is 18.0 Å². The van der Waals surface area contributed by atoms with Gasteiger partial charge < -0.3 is 19.5 Å². The number of aliphatic carboxylic acids is 1. The zero-order valence-corrected chi connectivity index (χ0v) is 15.2. The van der Waals surface area contributed by atoms with Crippen LogP contribution in [0.3, 0.4) is 0 Å². The van der Waals surface area contributed by atoms with Gasteiger partial charge in [0.25, 0.3) is 5.91 Å². The number of carbonyl (C=O) groups is 2. The summed E-state index contributed by atoms with van der Waals surface area (Å²) >= 11 is 0. The maximum absolute atomic E-state index is 12.7. The summed E-state index contributed by atoms with van der Waals surface area (Å²) < 4.78 is 36.7. The zero-order chi connectivity index (χ0) is 19.2. The molecule has 1 unspecified atom stereocenters. The Kier molecular flexibility index (Phi) is 7.09. The summed E-state index contributed by atoms with van der Waals surface area (Å²) in [6, 6.07) is 4.97. The van der Waals surface area contributed by atoms with Crippen LogP contribution in [0, 0.1) is 0 Å². The van der Waals surface area contributed by atoms with Crippen molar-refractivity contribution in [2.75, 3.05) is 40.0 Å². The highest BCUT2D eigenvalue weighted by Crippen LogP contribution is 2.17. The van der Waals surface area contributed by atoms with Crippen LogP contribution in [0.2, 0.25) is 0 Å². The van der Waals surface area contributed by atoms with E-state index in [2.05, 4.69) is 4.72 Å². The number of benzene rings is 1. The van der Waals surface area contributed by atoms with Gasteiger partial charge >= 0.3 is 5.97 Å². The van der Waals surface area contributed by atoms with E-state index in [1.54, 1.807) is 0 Å². The number of methoxy groups -OCH3 is 1. The Morgan fingerprint density at radius 1 is 1.35 bits per heavy atom. The first kappa shape index (κ1) is 20.3. The average molecular weight is 386 g/mol. The molecule has 10 heteroatoms. The molecule has 1 aromatic carbocycles. The minimum absolute atomic E-state index is 0.0363. The number of morpholine rings is 1. The van der Waals surface area contributed by atoms with Crippen LogP contribution in [0.5, 0.6) is 0 Å². The number of ether oxygens (including phenoxy) is 2. The third kappa shape index (κ3) is 5.24. The van der Waals surface area contributed by atoms with Gasteiger partial charge in [0, 0.05) is 25.8 Å². The molecule has 1 saturated heterocycles. The van der Waals surface area contributed by atoms with Gasteiger partial charge in [-0.05, 0) is 24.3 Å². The lowest BCUT2D eigenvalue weighted by Gasteiger charge is -2.34. The van der Waals surface area contributed by atoms with Crippen LogP contribution in [0.1, 0.15) is 16.8 Å². The fraction of sp³-hybridized carbons (Fsp3) is 0.500. The predicted octanol–water partition coefficient (Wildman–Crippen LogP) is -0.0730. The molecule has 0 radical (unpaired) electrons. The molecular weight excluding hydrogens is 364 g/mol. The highest BCUT2D eigenvalue weighted by molar-refractivity contribution is 7.89. The number of nitrogens with zero attached hydrogens (tertiary/aromatic N) is 1. The topological polar surface area (TPSA) is 122 Å². The Balaban J connectivity index is 2.11. The van der Waals surface area contributed by atoms with Gasteiger partial charge in [0.15, 0.2) is 0 Å². The van der Waals surface area contributed by atoms with Gasteiger partial charge in [-0.25, -0.2) is 13.1 Å². The molecule has 2 N–H and O–H groups in total. The molecular formula is C16H22N2O7S. The van der Waals surface area contributed by atoms with E-state index in [1.807, 2.05) is 0 Å². The summed E-state index contributed by atoms with van der Waals surface area (Å²) in [5.41, 5.74) is 0.290. The van der Waals surface area contributed by atoms with E-state index in [0.29, 0.717) is 6.61 Å². The van der Waals surface area contributed by atoms with Gasteiger partial charge in [-0.1, -0.05) is 0 Å². The Morgan fingerprint density at radius 3 is 2.65 bits per heavy atom. The first-order chi connectivity index (χ1) is 12.3. The van der Waals surface area contributed by atoms with Gasteiger partial charge in [-0.3, -0.25) is 9.59 Å². The van der Waals surface area contributed by atoms with Crippen molar-refractivity contribution < 1.29 is 32.6 Å². The maximum atomic E-state index is 12.7. The van der Waals surface area contributed by atoms with E-state index in [1.165, 1.54) is 36.3 Å². The lowest BCUT2D eigenvalue weighted by Crippen LogP contribution is -2.49. The summed E-state index contributed by atoms with van der Waals surface area (Å²) in [5.74, 6) is -1.36. The number of hydrogen-bond acceptors (Lipinski definition) is 6. The number of rotatable bonds is 8. The van der Waals surface area contributed by atoms with E-state index < -0.39 is 22.0 Å². The molecule has 0 aromatic heterocycles. The fourth-order valence-corrected chi connectivity index (χ4v) is 3.61. The first-order valence-electron chi connectivity index (χ1n) is 8.04. The largest absolute Gasteiger partial charge is 0.481 e. The Morgan fingerprint density at radius 2 is 2.04 bits per heavy atom. The molecule has 0 saturated carbocycles. The molecule has 1 amide bonds. The number of hydrogen-bond donors (Lipinski definition) is 2. The Hall–Kier alpha value is -2.01. The summed E-state index contributed by atoms with van der Waals surface area (Å²) in [6.45, 7) is 1.17. The van der Waals surface area contributed by atoms with Crippen LogP contribution in [0.15, 0.2) is 29.2 Å². The van der Waals surface area contributed by atoms with Crippen molar-refractivity contribution in [3.8, 4) is 0 Å². The monoisotopic (exact) mass is 386 g/mol. The first-order valence-corrected chi connectivity index (χ1v) is 9.52. The van der Waals surface area contributed by atoms with Crippen molar-refractivity contribution in [3.63, 3.8) is 0 Å². The van der Waals surface area contributed by atoms with Crippen molar-refractivity contribution in [2.24, 2.45) is 0 Å². The molecule has 0 spiro atoms. The lowest BCUT2D eigenvalue weighted by atomic mass is 10.1. The SMILES string of the molecule is COCCNS(=O)(=O)c1ccc(C(=O)N2CCOCC2CC(=O)O)cc1. The van der Waals surface area contributed by atoms with Crippen molar-refractivity contribution in [1.29, 1.82) is 0 Å². The maximum Gasteiger partial charge on any atom is 0.305 e. The molecule has 9 nitrogen and oxygen atoms in total. The molecule has 144 valence electrons. The summed E-state index contributed by atoms with van der Waals surface area (Å²) in [5, 5.41) is 8.97. The lowest BCUT2D eigenvalue weighted by molar-refractivity contribution is -0.139. The quantitative estimate of drug-likeness (QED) is 0.600. The van der Waals surface area contributed by atoms with Crippen molar-refractivity contribution in [3.05, 3.63) is 29.8 Å². The van der Waals surface area contributed by atoms with Crippen LogP contribution in [-0.4, -0.2) is 76.4 Å². The number of sulfonamides is 1. The molecule has 0 bridgehead atoms. The smallest absolute Gasteiger partial charge is 0.305 e. The van der Waals surface area contributed by atoms with Crippen molar-refractivity contribution in [2.45, 2.75) is 17.4 Å². The van der Waals surface area contributed by atoms with E-state index in [-0.39, 0.29) is 49.1 Å². The third-order valence-electron chi connectivity index (χ3n) is 3.91. The molecule has 26 heavy (non-hydrogen) atoms. The van der Waals surface area contributed by atoms with Gasteiger partial charge in [-0.15, -0.1) is 0 Å². The van der Waals surface area contributed by atoms with Crippen LogP contribution < -0.4 is 4.72 Å². The molecule has 1 aromatic rings. The van der Waals surface area contributed by atoms with Crippen LogP contribution in [0.4, 0.5) is 0 Å². The van der Waals surface area contributed by atoms with Gasteiger partial charge in [-0.2, -0.15) is 0 Å². The van der Waals surface area contributed by atoms with Gasteiger partial charge in [0.05, 0.1) is 37.2 Å². The number of nitrogens with one attached hydrogen (secondary N) is 1. The summed E-state index contributed by atoms with van der Waals surface area (Å²) in [7, 11) is -2.21. The predicted molar refractivity (Wildman–Crippen MR) is 91.4 cm³/mol. The molecule has 1 heterocycles. The third-order valence-corrected chi connectivity index (χ3v) is 5.39. The highest BCUT2D eigenvalue weighted by Gasteiger charge is 2.30. The zero-order valence-electron chi connectivity index (χ0n) is 14.4. The standard InChI is InChI=1S/C16H22N2O7S/c1-24-8-6-17-26(22,23)14-4-2-12(3-5-14)16(21)18-7-9-25-11-13(18)10-15(19)20/h2-5,13,17H,6-11H2,1H3,(H,19,20).